The average molecular weight is 368 g/mol. The van der Waals surface area contributed by atoms with Crippen LogP contribution in [0.4, 0.5) is 13.2 Å². The zero-order valence-electron chi connectivity index (χ0n) is 13.7. The van der Waals surface area contributed by atoms with Crippen LogP contribution in [0, 0.1) is 0 Å². The standard InChI is InChI=1S/C17H15F3N2O4/c1-10(11-2-4-13-14(6-11)26-9-25-13)22-16(23)12-3-5-15(21-7-12)24-8-17(18,19)20/h2-7,10H,8-9H2,1H3,(H,22,23)/t10-/m0/s1. The van der Waals surface area contributed by atoms with E-state index >= 15 is 0 Å². The molecule has 0 bridgehead atoms. The number of pyridine rings is 1. The number of ether oxygens (including phenoxy) is 3. The number of nitrogens with zero attached hydrogens (tertiary/aromatic N) is 1. The molecule has 0 aliphatic carbocycles. The Balaban J connectivity index is 1.60. The highest BCUT2D eigenvalue weighted by Gasteiger charge is 2.28. The summed E-state index contributed by atoms with van der Waals surface area (Å²) >= 11 is 0. The fourth-order valence-electron chi connectivity index (χ4n) is 2.30. The van der Waals surface area contributed by atoms with Gasteiger partial charge in [-0.05, 0) is 30.7 Å². The van der Waals surface area contributed by atoms with Crippen LogP contribution >= 0.6 is 0 Å². The summed E-state index contributed by atoms with van der Waals surface area (Å²) in [6.45, 7) is 0.518. The number of fused-ring (bicyclic) bond motifs is 1. The molecule has 1 amide bonds. The number of hydrogen-bond acceptors (Lipinski definition) is 5. The number of aromatic nitrogens is 1. The molecule has 3 rings (SSSR count). The van der Waals surface area contributed by atoms with Gasteiger partial charge in [-0.3, -0.25) is 4.79 Å². The first-order valence-electron chi connectivity index (χ1n) is 7.68. The Labute approximate surface area is 146 Å². The number of hydrogen-bond donors (Lipinski definition) is 1. The van der Waals surface area contributed by atoms with Gasteiger partial charge in [0.2, 0.25) is 12.7 Å². The lowest BCUT2D eigenvalue weighted by molar-refractivity contribution is -0.154. The Hall–Kier alpha value is -2.97. The van der Waals surface area contributed by atoms with Crippen LogP contribution in [0.2, 0.25) is 0 Å². The molecule has 2 heterocycles. The Bertz CT molecular complexity index is 794. The second-order valence-corrected chi connectivity index (χ2v) is 5.60. The maximum absolute atomic E-state index is 12.3. The smallest absolute Gasteiger partial charge is 0.422 e. The van der Waals surface area contributed by atoms with Gasteiger partial charge in [-0.15, -0.1) is 0 Å². The Morgan fingerprint density at radius 1 is 1.27 bits per heavy atom. The number of carbonyl (C=O) groups is 1. The molecule has 0 spiro atoms. The summed E-state index contributed by atoms with van der Waals surface area (Å²) in [5.74, 6) is 0.634. The summed E-state index contributed by atoms with van der Waals surface area (Å²) in [7, 11) is 0. The van der Waals surface area contributed by atoms with Crippen molar-refractivity contribution in [2.75, 3.05) is 13.4 Å². The van der Waals surface area contributed by atoms with Crippen LogP contribution < -0.4 is 19.5 Å². The number of alkyl halides is 3. The summed E-state index contributed by atoms with van der Waals surface area (Å²) in [6.07, 6.45) is -3.29. The lowest BCUT2D eigenvalue weighted by Gasteiger charge is -2.15. The molecule has 0 radical (unpaired) electrons. The lowest BCUT2D eigenvalue weighted by Crippen LogP contribution is -2.26. The van der Waals surface area contributed by atoms with E-state index < -0.39 is 18.7 Å². The summed E-state index contributed by atoms with van der Waals surface area (Å²) in [5.41, 5.74) is 1.03. The molecule has 1 N–H and O–H groups in total. The fourth-order valence-corrected chi connectivity index (χ4v) is 2.30. The summed E-state index contributed by atoms with van der Waals surface area (Å²) in [5, 5.41) is 2.78. The van der Waals surface area contributed by atoms with Crippen molar-refractivity contribution in [3.8, 4) is 17.4 Å². The van der Waals surface area contributed by atoms with Crippen LogP contribution in [-0.4, -0.2) is 30.5 Å². The van der Waals surface area contributed by atoms with Crippen LogP contribution in [0.1, 0.15) is 28.9 Å². The van der Waals surface area contributed by atoms with E-state index in [-0.39, 0.29) is 24.3 Å². The molecule has 138 valence electrons. The van der Waals surface area contributed by atoms with Gasteiger partial charge in [-0.1, -0.05) is 6.07 Å². The molecule has 6 nitrogen and oxygen atoms in total. The first-order valence-corrected chi connectivity index (χ1v) is 7.68. The highest BCUT2D eigenvalue weighted by molar-refractivity contribution is 5.94. The van der Waals surface area contributed by atoms with E-state index in [0.29, 0.717) is 11.5 Å². The van der Waals surface area contributed by atoms with Gasteiger partial charge in [0.25, 0.3) is 5.91 Å². The van der Waals surface area contributed by atoms with Gasteiger partial charge in [0.05, 0.1) is 11.6 Å². The molecular weight excluding hydrogens is 353 g/mol. The predicted octanol–water partition coefficient (Wildman–Crippen LogP) is 3.24. The van der Waals surface area contributed by atoms with Gasteiger partial charge in [-0.25, -0.2) is 4.98 Å². The molecule has 1 aliphatic heterocycles. The topological polar surface area (TPSA) is 69.7 Å². The molecule has 1 atom stereocenters. The zero-order valence-corrected chi connectivity index (χ0v) is 13.7. The highest BCUT2D eigenvalue weighted by atomic mass is 19.4. The molecular formula is C17H15F3N2O4. The normalized spacial score (nSPS) is 14.0. The summed E-state index contributed by atoms with van der Waals surface area (Å²) in [4.78, 5) is 16.0. The van der Waals surface area contributed by atoms with Gasteiger partial charge in [0.15, 0.2) is 18.1 Å². The van der Waals surface area contributed by atoms with Crippen molar-refractivity contribution in [2.45, 2.75) is 19.1 Å². The third-order valence-corrected chi connectivity index (χ3v) is 3.63. The van der Waals surface area contributed by atoms with Crippen molar-refractivity contribution in [1.29, 1.82) is 0 Å². The van der Waals surface area contributed by atoms with Gasteiger partial charge >= 0.3 is 6.18 Å². The molecule has 2 aromatic rings. The van der Waals surface area contributed by atoms with Gasteiger partial charge in [0.1, 0.15) is 0 Å². The zero-order chi connectivity index (χ0) is 18.7. The number of carbonyl (C=O) groups excluding carboxylic acids is 1. The maximum atomic E-state index is 12.3. The minimum absolute atomic E-state index is 0.161. The van der Waals surface area contributed by atoms with Crippen molar-refractivity contribution in [3.05, 3.63) is 47.7 Å². The first kappa shape index (κ1) is 17.8. The van der Waals surface area contributed by atoms with Gasteiger partial charge in [-0.2, -0.15) is 13.2 Å². The molecule has 0 fully saturated rings. The van der Waals surface area contributed by atoms with Crippen molar-refractivity contribution in [2.24, 2.45) is 0 Å². The minimum atomic E-state index is -4.45. The second kappa shape index (κ2) is 7.11. The van der Waals surface area contributed by atoms with Crippen LogP contribution in [0.25, 0.3) is 0 Å². The highest BCUT2D eigenvalue weighted by Crippen LogP contribution is 2.34. The minimum Gasteiger partial charge on any atom is -0.468 e. The number of amides is 1. The third-order valence-electron chi connectivity index (χ3n) is 3.63. The van der Waals surface area contributed by atoms with Crippen LogP contribution in [0.5, 0.6) is 17.4 Å². The third kappa shape index (κ3) is 4.35. The van der Waals surface area contributed by atoms with E-state index in [4.69, 9.17) is 9.47 Å². The van der Waals surface area contributed by atoms with Crippen molar-refractivity contribution in [3.63, 3.8) is 0 Å². The van der Waals surface area contributed by atoms with E-state index in [1.165, 1.54) is 12.1 Å². The number of halogens is 3. The maximum Gasteiger partial charge on any atom is 0.422 e. The molecule has 9 heteroatoms. The SMILES string of the molecule is C[C@H](NC(=O)c1ccc(OCC(F)(F)F)nc1)c1ccc2c(c1)OCO2. The Kier molecular flexibility index (Phi) is 4.88. The number of benzene rings is 1. The molecule has 0 saturated carbocycles. The average Bonchev–Trinajstić information content (AvgIpc) is 3.07. The van der Waals surface area contributed by atoms with E-state index in [1.54, 1.807) is 19.1 Å². The van der Waals surface area contributed by atoms with Crippen molar-refractivity contribution in [1.82, 2.24) is 10.3 Å². The van der Waals surface area contributed by atoms with Crippen molar-refractivity contribution >= 4 is 5.91 Å². The molecule has 1 aliphatic rings. The Morgan fingerprint density at radius 2 is 2.04 bits per heavy atom. The lowest BCUT2D eigenvalue weighted by atomic mass is 10.1. The largest absolute Gasteiger partial charge is 0.468 e. The van der Waals surface area contributed by atoms with Gasteiger partial charge < -0.3 is 19.5 Å². The number of nitrogens with one attached hydrogen (secondary N) is 1. The van der Waals surface area contributed by atoms with Crippen LogP contribution in [0.15, 0.2) is 36.5 Å². The quantitative estimate of drug-likeness (QED) is 0.877. The van der Waals surface area contributed by atoms with Crippen molar-refractivity contribution < 1.29 is 32.2 Å². The van der Waals surface area contributed by atoms with Crippen LogP contribution in [0.3, 0.4) is 0 Å². The number of rotatable bonds is 5. The van der Waals surface area contributed by atoms with E-state index in [2.05, 4.69) is 15.0 Å². The van der Waals surface area contributed by atoms with Crippen LogP contribution in [-0.2, 0) is 0 Å². The Morgan fingerprint density at radius 3 is 2.73 bits per heavy atom. The summed E-state index contributed by atoms with van der Waals surface area (Å²) in [6, 6.07) is 7.59. The fraction of sp³-hybridized carbons (Fsp3) is 0.294. The predicted molar refractivity (Wildman–Crippen MR) is 84.2 cm³/mol. The summed E-state index contributed by atoms with van der Waals surface area (Å²) < 4.78 is 51.3. The molecule has 0 unspecified atom stereocenters. The van der Waals surface area contributed by atoms with E-state index in [9.17, 15) is 18.0 Å². The first-order chi connectivity index (χ1) is 12.3. The monoisotopic (exact) mass is 368 g/mol. The molecule has 1 aromatic heterocycles. The van der Waals surface area contributed by atoms with Gasteiger partial charge in [0, 0.05) is 12.3 Å². The molecule has 1 aromatic carbocycles. The van der Waals surface area contributed by atoms with E-state index in [1.807, 2.05) is 6.07 Å². The molecule has 26 heavy (non-hydrogen) atoms. The second-order valence-electron chi connectivity index (χ2n) is 5.60. The van der Waals surface area contributed by atoms with E-state index in [0.717, 1.165) is 11.8 Å². The molecule has 0 saturated heterocycles.